The van der Waals surface area contributed by atoms with Gasteiger partial charge in [-0.1, -0.05) is 0 Å². The molecule has 1 aromatic rings. The maximum atomic E-state index is 6.05. The minimum atomic E-state index is 0.392. The molecule has 1 aliphatic heterocycles. The fourth-order valence-corrected chi connectivity index (χ4v) is 2.21. The topological polar surface area (TPSA) is 29.9 Å². The fourth-order valence-electron chi connectivity index (χ4n) is 1.81. The first-order valence-electron chi connectivity index (χ1n) is 4.66. The number of rotatable bonds is 1. The van der Waals surface area contributed by atoms with E-state index in [2.05, 4.69) is 28.7 Å². The molecule has 0 spiro atoms. The van der Waals surface area contributed by atoms with Gasteiger partial charge in [-0.2, -0.15) is 0 Å². The van der Waals surface area contributed by atoms with Crippen molar-refractivity contribution in [2.45, 2.75) is 32.9 Å². The molecule has 3 nitrogen and oxygen atoms in total. The zero-order valence-corrected chi connectivity index (χ0v) is 8.73. The van der Waals surface area contributed by atoms with E-state index in [0.29, 0.717) is 11.3 Å². The van der Waals surface area contributed by atoms with E-state index >= 15 is 0 Å². The lowest BCUT2D eigenvalue weighted by Crippen LogP contribution is -2.25. The Kier molecular flexibility index (Phi) is 2.30. The number of nitrogens with zero attached hydrogens (tertiary/aromatic N) is 2. The van der Waals surface area contributed by atoms with Crippen molar-refractivity contribution in [2.75, 3.05) is 6.54 Å². The molecule has 0 unspecified atom stereocenters. The van der Waals surface area contributed by atoms with Crippen molar-refractivity contribution in [3.05, 3.63) is 16.7 Å². The predicted octanol–water partition coefficient (Wildman–Crippen LogP) is 1.76. The van der Waals surface area contributed by atoms with Gasteiger partial charge in [-0.3, -0.25) is 0 Å². The van der Waals surface area contributed by atoms with Gasteiger partial charge in [0.25, 0.3) is 0 Å². The smallest absolute Gasteiger partial charge is 0.203 e. The van der Waals surface area contributed by atoms with Crippen LogP contribution in [0.15, 0.2) is 0 Å². The lowest BCUT2D eigenvalue weighted by Gasteiger charge is -2.17. The number of hydrogen-bond donors (Lipinski definition) is 1. The number of halogens is 1. The number of nitrogens with one attached hydrogen (secondary N) is 1. The Labute approximate surface area is 83.1 Å². The van der Waals surface area contributed by atoms with E-state index in [4.69, 9.17) is 11.6 Å². The fraction of sp³-hybridized carbons (Fsp3) is 0.667. The van der Waals surface area contributed by atoms with Gasteiger partial charge in [-0.15, -0.1) is 0 Å². The van der Waals surface area contributed by atoms with Crippen LogP contribution in [0.5, 0.6) is 0 Å². The molecule has 0 amide bonds. The molecule has 1 aromatic heterocycles. The Morgan fingerprint density at radius 2 is 2.31 bits per heavy atom. The molecule has 0 bridgehead atoms. The minimum Gasteiger partial charge on any atom is -0.315 e. The normalized spacial score (nSPS) is 16.3. The number of imidazole rings is 1. The van der Waals surface area contributed by atoms with Gasteiger partial charge in [-0.25, -0.2) is 4.98 Å². The highest BCUT2D eigenvalue weighted by Gasteiger charge is 2.19. The summed E-state index contributed by atoms with van der Waals surface area (Å²) < 4.78 is 2.10. The second-order valence-corrected chi connectivity index (χ2v) is 4.00. The summed E-state index contributed by atoms with van der Waals surface area (Å²) in [5.74, 6) is 0. The van der Waals surface area contributed by atoms with Gasteiger partial charge in [0.2, 0.25) is 5.28 Å². The molecule has 2 heterocycles. The standard InChI is InChI=1S/C9H14ClN3/c1-6(2)13-8-5-11-4-3-7(8)12-9(13)10/h6,11H,3-5H2,1-2H3. The molecule has 13 heavy (non-hydrogen) atoms. The molecule has 0 atom stereocenters. The predicted molar refractivity (Wildman–Crippen MR) is 53.0 cm³/mol. The Balaban J connectivity index is 2.48. The molecule has 1 N–H and O–H groups in total. The third-order valence-corrected chi connectivity index (χ3v) is 2.66. The van der Waals surface area contributed by atoms with E-state index in [1.54, 1.807) is 0 Å². The maximum absolute atomic E-state index is 6.05. The molecular weight excluding hydrogens is 186 g/mol. The summed E-state index contributed by atoms with van der Waals surface area (Å²) in [5, 5.41) is 3.96. The van der Waals surface area contributed by atoms with Crippen LogP contribution in [0.2, 0.25) is 5.28 Å². The van der Waals surface area contributed by atoms with Crippen molar-refractivity contribution in [1.29, 1.82) is 0 Å². The second kappa shape index (κ2) is 3.31. The van der Waals surface area contributed by atoms with Crippen LogP contribution in [0.3, 0.4) is 0 Å². The van der Waals surface area contributed by atoms with Crippen molar-refractivity contribution in [2.24, 2.45) is 0 Å². The summed E-state index contributed by atoms with van der Waals surface area (Å²) in [6.07, 6.45) is 0.995. The van der Waals surface area contributed by atoms with Gasteiger partial charge in [0, 0.05) is 25.6 Å². The van der Waals surface area contributed by atoms with Gasteiger partial charge in [0.05, 0.1) is 11.4 Å². The molecule has 0 radical (unpaired) electrons. The molecule has 0 aromatic carbocycles. The molecule has 0 aliphatic carbocycles. The van der Waals surface area contributed by atoms with Gasteiger partial charge in [-0.05, 0) is 25.4 Å². The van der Waals surface area contributed by atoms with Crippen molar-refractivity contribution in [3.63, 3.8) is 0 Å². The summed E-state index contributed by atoms with van der Waals surface area (Å²) in [5.41, 5.74) is 2.42. The number of aromatic nitrogens is 2. The van der Waals surface area contributed by atoms with Crippen LogP contribution in [-0.4, -0.2) is 16.1 Å². The zero-order valence-electron chi connectivity index (χ0n) is 7.97. The summed E-state index contributed by atoms with van der Waals surface area (Å²) in [7, 11) is 0. The molecule has 72 valence electrons. The van der Waals surface area contributed by atoms with Crippen LogP contribution in [0, 0.1) is 0 Å². The summed E-state index contributed by atoms with van der Waals surface area (Å²) in [4.78, 5) is 4.36. The van der Waals surface area contributed by atoms with Crippen LogP contribution >= 0.6 is 11.6 Å². The van der Waals surface area contributed by atoms with Crippen LogP contribution in [-0.2, 0) is 13.0 Å². The average molecular weight is 200 g/mol. The highest BCUT2D eigenvalue weighted by Crippen LogP contribution is 2.23. The van der Waals surface area contributed by atoms with Crippen molar-refractivity contribution in [1.82, 2.24) is 14.9 Å². The van der Waals surface area contributed by atoms with Crippen molar-refractivity contribution >= 4 is 11.6 Å². The van der Waals surface area contributed by atoms with Gasteiger partial charge >= 0.3 is 0 Å². The Bertz CT molecular complexity index is 317. The SMILES string of the molecule is CC(C)n1c(Cl)nc2c1CNCC2. The highest BCUT2D eigenvalue weighted by molar-refractivity contribution is 6.28. The van der Waals surface area contributed by atoms with E-state index in [9.17, 15) is 0 Å². The van der Waals surface area contributed by atoms with Gasteiger partial charge in [0.15, 0.2) is 0 Å². The van der Waals surface area contributed by atoms with Crippen molar-refractivity contribution < 1.29 is 0 Å². The lowest BCUT2D eigenvalue weighted by atomic mass is 10.2. The van der Waals surface area contributed by atoms with E-state index < -0.39 is 0 Å². The van der Waals surface area contributed by atoms with E-state index in [-0.39, 0.29) is 0 Å². The Hall–Kier alpha value is -0.540. The quantitative estimate of drug-likeness (QED) is 0.747. The van der Waals surface area contributed by atoms with E-state index in [0.717, 1.165) is 25.2 Å². The van der Waals surface area contributed by atoms with E-state index in [1.807, 2.05) is 0 Å². The molecule has 4 heteroatoms. The Morgan fingerprint density at radius 3 is 3.00 bits per heavy atom. The average Bonchev–Trinajstić information content (AvgIpc) is 2.39. The summed E-state index contributed by atoms with van der Waals surface area (Å²) in [6.45, 7) is 6.16. The maximum Gasteiger partial charge on any atom is 0.203 e. The first-order chi connectivity index (χ1) is 6.20. The largest absolute Gasteiger partial charge is 0.315 e. The summed E-state index contributed by atoms with van der Waals surface area (Å²) >= 11 is 6.05. The first-order valence-corrected chi connectivity index (χ1v) is 5.04. The molecular formula is C9H14ClN3. The molecule has 0 fully saturated rings. The molecule has 0 saturated carbocycles. The molecule has 0 saturated heterocycles. The molecule has 1 aliphatic rings. The number of hydrogen-bond acceptors (Lipinski definition) is 2. The lowest BCUT2D eigenvalue weighted by molar-refractivity contribution is 0.534. The molecule has 2 rings (SSSR count). The van der Waals surface area contributed by atoms with Crippen LogP contribution in [0.25, 0.3) is 0 Å². The third-order valence-electron chi connectivity index (χ3n) is 2.40. The van der Waals surface area contributed by atoms with Crippen LogP contribution in [0.1, 0.15) is 31.3 Å². The van der Waals surface area contributed by atoms with Gasteiger partial charge < -0.3 is 9.88 Å². The monoisotopic (exact) mass is 199 g/mol. The second-order valence-electron chi connectivity index (χ2n) is 3.66. The summed E-state index contributed by atoms with van der Waals surface area (Å²) in [6, 6.07) is 0.392. The third kappa shape index (κ3) is 1.46. The zero-order chi connectivity index (χ0) is 9.42. The van der Waals surface area contributed by atoms with Crippen LogP contribution in [0.4, 0.5) is 0 Å². The Morgan fingerprint density at radius 1 is 1.54 bits per heavy atom. The highest BCUT2D eigenvalue weighted by atomic mass is 35.5. The van der Waals surface area contributed by atoms with Crippen LogP contribution < -0.4 is 5.32 Å². The van der Waals surface area contributed by atoms with E-state index in [1.165, 1.54) is 5.69 Å². The first kappa shape index (κ1) is 9.03. The van der Waals surface area contributed by atoms with Gasteiger partial charge in [0.1, 0.15) is 0 Å². The number of fused-ring (bicyclic) bond motifs is 1. The van der Waals surface area contributed by atoms with Crippen molar-refractivity contribution in [3.8, 4) is 0 Å². The minimum absolute atomic E-state index is 0.392.